The zero-order valence-corrected chi connectivity index (χ0v) is 14.8. The molecule has 0 fully saturated rings. The van der Waals surface area contributed by atoms with Gasteiger partial charge in [0.2, 0.25) is 0 Å². The molecule has 0 aliphatic carbocycles. The second-order valence-electron chi connectivity index (χ2n) is 5.64. The van der Waals surface area contributed by atoms with Crippen molar-refractivity contribution in [3.05, 3.63) is 28.5 Å². The van der Waals surface area contributed by atoms with Gasteiger partial charge in [-0.1, -0.05) is 80.6 Å². The average Bonchev–Trinajstić information content (AvgIpc) is 2.44. The molecule has 3 heteroatoms. The Hall–Kier alpha value is -0.570. The van der Waals surface area contributed by atoms with Crippen molar-refractivity contribution in [1.29, 1.82) is 0 Å². The van der Waals surface area contributed by atoms with Gasteiger partial charge in [0.25, 0.3) is 0 Å². The van der Waals surface area contributed by atoms with E-state index in [4.69, 9.17) is 4.74 Å². The third-order valence-electron chi connectivity index (χ3n) is 3.60. The van der Waals surface area contributed by atoms with Gasteiger partial charge in [0.05, 0.1) is 6.61 Å². The van der Waals surface area contributed by atoms with Crippen LogP contribution < -0.4 is 4.74 Å². The monoisotopic (exact) mass is 358 g/mol. The van der Waals surface area contributed by atoms with E-state index in [1.165, 1.54) is 69.9 Å². The zero-order chi connectivity index (χ0) is 15.3. The molecular weight excluding hydrogens is 331 g/mol. The van der Waals surface area contributed by atoms with Crippen LogP contribution in [0.25, 0.3) is 0 Å². The molecule has 0 aliphatic heterocycles. The number of halogens is 2. The van der Waals surface area contributed by atoms with Crippen LogP contribution in [-0.4, -0.2) is 6.61 Å². The molecule has 0 spiro atoms. The summed E-state index contributed by atoms with van der Waals surface area (Å²) in [5.41, 5.74) is 0. The minimum atomic E-state index is -0.262. The van der Waals surface area contributed by atoms with Crippen LogP contribution in [0.4, 0.5) is 4.39 Å². The van der Waals surface area contributed by atoms with Crippen molar-refractivity contribution >= 4 is 15.9 Å². The second kappa shape index (κ2) is 12.0. The van der Waals surface area contributed by atoms with Gasteiger partial charge >= 0.3 is 0 Å². The highest BCUT2D eigenvalue weighted by Gasteiger charge is 2.00. The molecule has 1 aromatic rings. The minimum Gasteiger partial charge on any atom is -0.493 e. The summed E-state index contributed by atoms with van der Waals surface area (Å²) in [6.45, 7) is 2.93. The first-order valence-corrected chi connectivity index (χ1v) is 9.10. The van der Waals surface area contributed by atoms with Gasteiger partial charge in [0.15, 0.2) is 0 Å². The summed E-state index contributed by atoms with van der Waals surface area (Å²) in [6, 6.07) is 4.67. The first-order chi connectivity index (χ1) is 10.2. The molecule has 0 saturated carbocycles. The molecule has 120 valence electrons. The van der Waals surface area contributed by atoms with E-state index in [9.17, 15) is 4.39 Å². The molecule has 0 unspecified atom stereocenters. The van der Waals surface area contributed by atoms with Gasteiger partial charge in [-0.25, -0.2) is 4.39 Å². The van der Waals surface area contributed by atoms with Crippen molar-refractivity contribution in [3.8, 4) is 5.75 Å². The van der Waals surface area contributed by atoms with E-state index >= 15 is 0 Å². The lowest BCUT2D eigenvalue weighted by Crippen LogP contribution is -1.97. The van der Waals surface area contributed by atoms with Crippen LogP contribution in [0.15, 0.2) is 22.7 Å². The van der Waals surface area contributed by atoms with Gasteiger partial charge in [0.1, 0.15) is 11.6 Å². The minimum absolute atomic E-state index is 0.262. The highest BCUT2D eigenvalue weighted by Crippen LogP contribution is 2.21. The maximum absolute atomic E-state index is 13.1. The number of unbranched alkanes of at least 4 members (excludes halogenated alkanes) is 9. The average molecular weight is 359 g/mol. The molecule has 1 rings (SSSR count). The molecule has 0 heterocycles. The lowest BCUT2D eigenvalue weighted by Gasteiger charge is -2.07. The Morgan fingerprint density at radius 1 is 0.857 bits per heavy atom. The summed E-state index contributed by atoms with van der Waals surface area (Å²) < 4.78 is 19.4. The maximum Gasteiger partial charge on any atom is 0.128 e. The van der Waals surface area contributed by atoms with E-state index in [0.29, 0.717) is 12.4 Å². The van der Waals surface area contributed by atoms with E-state index in [1.54, 1.807) is 6.07 Å². The van der Waals surface area contributed by atoms with Crippen molar-refractivity contribution in [2.45, 2.75) is 71.1 Å². The maximum atomic E-state index is 13.1. The summed E-state index contributed by atoms with van der Waals surface area (Å²) >= 11 is 3.27. The van der Waals surface area contributed by atoms with Gasteiger partial charge in [0, 0.05) is 10.5 Å². The van der Waals surface area contributed by atoms with Gasteiger partial charge in [-0.3, -0.25) is 0 Å². The number of hydrogen-bond acceptors (Lipinski definition) is 1. The molecule has 0 amide bonds. The van der Waals surface area contributed by atoms with E-state index < -0.39 is 0 Å². The Labute approximate surface area is 137 Å². The van der Waals surface area contributed by atoms with Gasteiger partial charge < -0.3 is 4.74 Å². The van der Waals surface area contributed by atoms with Gasteiger partial charge in [-0.05, 0) is 18.6 Å². The van der Waals surface area contributed by atoms with E-state index in [2.05, 4.69) is 22.9 Å². The van der Waals surface area contributed by atoms with Crippen molar-refractivity contribution < 1.29 is 9.13 Å². The smallest absolute Gasteiger partial charge is 0.128 e. The SMILES string of the molecule is CCCCCCCCCCCCOc1cc(F)cc(Br)c1. The third-order valence-corrected chi connectivity index (χ3v) is 4.06. The predicted molar refractivity (Wildman–Crippen MR) is 91.4 cm³/mol. The topological polar surface area (TPSA) is 9.23 Å². The Morgan fingerprint density at radius 2 is 1.43 bits per heavy atom. The number of ether oxygens (including phenoxy) is 1. The fourth-order valence-electron chi connectivity index (χ4n) is 2.39. The molecule has 0 radical (unpaired) electrons. The molecule has 0 aliphatic rings. The molecule has 1 nitrogen and oxygen atoms in total. The van der Waals surface area contributed by atoms with Crippen molar-refractivity contribution in [2.75, 3.05) is 6.61 Å². The summed E-state index contributed by atoms with van der Waals surface area (Å²) in [6.07, 6.45) is 13.1. The van der Waals surface area contributed by atoms with E-state index in [1.807, 2.05) is 0 Å². The van der Waals surface area contributed by atoms with Crippen molar-refractivity contribution in [2.24, 2.45) is 0 Å². The summed E-state index contributed by atoms with van der Waals surface area (Å²) in [7, 11) is 0. The normalized spacial score (nSPS) is 10.8. The van der Waals surface area contributed by atoms with E-state index in [-0.39, 0.29) is 5.82 Å². The van der Waals surface area contributed by atoms with E-state index in [0.717, 1.165) is 10.9 Å². The summed E-state index contributed by atoms with van der Waals surface area (Å²) in [4.78, 5) is 0. The first kappa shape index (κ1) is 18.5. The Balaban J connectivity index is 1.93. The number of benzene rings is 1. The lowest BCUT2D eigenvalue weighted by molar-refractivity contribution is 0.302. The highest BCUT2D eigenvalue weighted by molar-refractivity contribution is 9.10. The number of rotatable bonds is 12. The lowest BCUT2D eigenvalue weighted by atomic mass is 10.1. The summed E-state index contributed by atoms with van der Waals surface area (Å²) in [5.74, 6) is 0.347. The Kier molecular flexibility index (Phi) is 10.6. The molecule has 0 atom stereocenters. The van der Waals surface area contributed by atoms with Crippen molar-refractivity contribution in [3.63, 3.8) is 0 Å². The Morgan fingerprint density at radius 3 is 2.00 bits per heavy atom. The second-order valence-corrected chi connectivity index (χ2v) is 6.55. The molecule has 0 saturated heterocycles. The third kappa shape index (κ3) is 9.89. The van der Waals surface area contributed by atoms with Crippen LogP contribution in [-0.2, 0) is 0 Å². The van der Waals surface area contributed by atoms with Crippen LogP contribution in [0.2, 0.25) is 0 Å². The summed E-state index contributed by atoms with van der Waals surface area (Å²) in [5, 5.41) is 0. The Bertz CT molecular complexity index is 361. The molecule has 21 heavy (non-hydrogen) atoms. The number of hydrogen-bond donors (Lipinski definition) is 0. The predicted octanol–water partition coefficient (Wildman–Crippen LogP) is 6.89. The van der Waals surface area contributed by atoms with Crippen LogP contribution in [0, 0.1) is 5.82 Å². The fraction of sp³-hybridized carbons (Fsp3) is 0.667. The van der Waals surface area contributed by atoms with Crippen molar-refractivity contribution in [1.82, 2.24) is 0 Å². The van der Waals surface area contributed by atoms with Crippen LogP contribution in [0.5, 0.6) is 5.75 Å². The fourth-order valence-corrected chi connectivity index (χ4v) is 2.84. The highest BCUT2D eigenvalue weighted by atomic mass is 79.9. The molecule has 0 aromatic heterocycles. The largest absolute Gasteiger partial charge is 0.493 e. The molecule has 0 bridgehead atoms. The molecule has 1 aromatic carbocycles. The van der Waals surface area contributed by atoms with Gasteiger partial charge in [-0.15, -0.1) is 0 Å². The van der Waals surface area contributed by atoms with Crippen LogP contribution in [0.1, 0.15) is 71.1 Å². The zero-order valence-electron chi connectivity index (χ0n) is 13.2. The van der Waals surface area contributed by atoms with Gasteiger partial charge in [-0.2, -0.15) is 0 Å². The standard InChI is InChI=1S/C18H28BrFO/c1-2-3-4-5-6-7-8-9-10-11-12-21-18-14-16(19)13-17(20)15-18/h13-15H,2-12H2,1H3. The molecular formula is C18H28BrFO. The molecule has 0 N–H and O–H groups in total. The first-order valence-electron chi connectivity index (χ1n) is 8.31. The van der Waals surface area contributed by atoms with Crippen LogP contribution in [0.3, 0.4) is 0 Å². The quantitative estimate of drug-likeness (QED) is 0.369. The van der Waals surface area contributed by atoms with Crippen LogP contribution >= 0.6 is 15.9 Å².